The number of nitrogens with one attached hydrogen (secondary N) is 1. The zero-order chi connectivity index (χ0) is 13.2. The Bertz CT molecular complexity index is 358. The van der Waals surface area contributed by atoms with Gasteiger partial charge in [0.25, 0.3) is 0 Å². The average molecular weight is 325 g/mol. The van der Waals surface area contributed by atoms with E-state index in [9.17, 15) is 4.79 Å². The molecule has 6 heteroatoms. The average Bonchev–Trinajstić information content (AvgIpc) is 2.75. The van der Waals surface area contributed by atoms with Gasteiger partial charge in [-0.1, -0.05) is 24.4 Å². The Labute approximate surface area is 130 Å². The van der Waals surface area contributed by atoms with E-state index < -0.39 is 0 Å². The lowest BCUT2D eigenvalue weighted by Crippen LogP contribution is -2.25. The number of halogens is 2. The van der Waals surface area contributed by atoms with Crippen LogP contribution in [0.2, 0.25) is 4.34 Å². The molecule has 0 aliphatic heterocycles. The second kappa shape index (κ2) is 11.5. The number of carbonyl (C=O) groups excluding carboxylic acids is 1. The molecule has 0 aromatic carbocycles. The Morgan fingerprint density at radius 3 is 2.63 bits per heavy atom. The first-order valence-corrected chi connectivity index (χ1v) is 7.63. The highest BCUT2D eigenvalue weighted by Gasteiger charge is 2.02. The monoisotopic (exact) mass is 324 g/mol. The number of hydrogen-bond acceptors (Lipinski definition) is 3. The molecule has 1 aromatic heterocycles. The molecule has 0 unspecified atom stereocenters. The standard InChI is InChI=1S/C13H21ClN2OS.ClH/c14-12-7-6-11(18-12)8-10-16-13(17)5-3-1-2-4-9-15;/h6-7H,1-5,8-10,15H2,(H,16,17);1H. The van der Waals surface area contributed by atoms with Crippen LogP contribution in [0.1, 0.15) is 37.0 Å². The molecule has 0 fully saturated rings. The molecule has 3 nitrogen and oxygen atoms in total. The summed E-state index contributed by atoms with van der Waals surface area (Å²) in [6.07, 6.45) is 5.70. The molecule has 0 spiro atoms. The van der Waals surface area contributed by atoms with Gasteiger partial charge in [-0.25, -0.2) is 0 Å². The summed E-state index contributed by atoms with van der Waals surface area (Å²) in [7, 11) is 0. The number of hydrogen-bond donors (Lipinski definition) is 2. The molecular weight excluding hydrogens is 303 g/mol. The van der Waals surface area contributed by atoms with Crippen molar-refractivity contribution < 1.29 is 4.79 Å². The lowest BCUT2D eigenvalue weighted by molar-refractivity contribution is -0.121. The van der Waals surface area contributed by atoms with Gasteiger partial charge in [0.2, 0.25) is 5.91 Å². The zero-order valence-corrected chi connectivity index (χ0v) is 13.4. The van der Waals surface area contributed by atoms with E-state index in [1.807, 2.05) is 12.1 Å². The SMILES string of the molecule is Cl.NCCCCCCC(=O)NCCc1ccc(Cl)s1. The first-order valence-electron chi connectivity index (χ1n) is 6.43. The van der Waals surface area contributed by atoms with E-state index in [-0.39, 0.29) is 18.3 Å². The Balaban J connectivity index is 0.00000324. The van der Waals surface area contributed by atoms with Gasteiger partial charge in [-0.05, 0) is 37.9 Å². The van der Waals surface area contributed by atoms with Crippen molar-refractivity contribution in [3.05, 3.63) is 21.3 Å². The third kappa shape index (κ3) is 9.27. The van der Waals surface area contributed by atoms with Gasteiger partial charge in [-0.3, -0.25) is 4.79 Å². The highest BCUT2D eigenvalue weighted by molar-refractivity contribution is 7.16. The highest BCUT2D eigenvalue weighted by atomic mass is 35.5. The Morgan fingerprint density at radius 1 is 1.26 bits per heavy atom. The van der Waals surface area contributed by atoms with Crippen LogP contribution in [0.5, 0.6) is 0 Å². The predicted octanol–water partition coefficient (Wildman–Crippen LogP) is 3.39. The number of rotatable bonds is 9. The molecule has 1 heterocycles. The molecule has 0 saturated heterocycles. The third-order valence-electron chi connectivity index (χ3n) is 2.68. The van der Waals surface area contributed by atoms with Crippen molar-refractivity contribution in [3.8, 4) is 0 Å². The minimum Gasteiger partial charge on any atom is -0.356 e. The van der Waals surface area contributed by atoms with Gasteiger partial charge in [0.1, 0.15) is 0 Å². The molecule has 0 radical (unpaired) electrons. The largest absolute Gasteiger partial charge is 0.356 e. The summed E-state index contributed by atoms with van der Waals surface area (Å²) in [5.41, 5.74) is 5.41. The minimum absolute atomic E-state index is 0. The maximum Gasteiger partial charge on any atom is 0.220 e. The summed E-state index contributed by atoms with van der Waals surface area (Å²) in [5, 5.41) is 2.93. The Hall–Kier alpha value is -0.290. The zero-order valence-electron chi connectivity index (χ0n) is 11.0. The van der Waals surface area contributed by atoms with Gasteiger partial charge in [0.05, 0.1) is 4.34 Å². The maximum atomic E-state index is 11.5. The quantitative estimate of drug-likeness (QED) is 0.684. The topological polar surface area (TPSA) is 55.1 Å². The molecule has 0 bridgehead atoms. The van der Waals surface area contributed by atoms with Gasteiger partial charge < -0.3 is 11.1 Å². The van der Waals surface area contributed by atoms with Crippen LogP contribution in [-0.4, -0.2) is 19.0 Å². The molecule has 0 aliphatic rings. The van der Waals surface area contributed by atoms with Crippen molar-refractivity contribution in [1.29, 1.82) is 0 Å². The van der Waals surface area contributed by atoms with E-state index in [1.54, 1.807) is 11.3 Å². The molecule has 0 saturated carbocycles. The van der Waals surface area contributed by atoms with Crippen molar-refractivity contribution >= 4 is 41.3 Å². The second-order valence-electron chi connectivity index (χ2n) is 4.26. The van der Waals surface area contributed by atoms with E-state index >= 15 is 0 Å². The van der Waals surface area contributed by atoms with Crippen LogP contribution in [0, 0.1) is 0 Å². The second-order valence-corrected chi connectivity index (χ2v) is 6.06. The van der Waals surface area contributed by atoms with E-state index in [1.165, 1.54) is 4.88 Å². The molecule has 3 N–H and O–H groups in total. The molecule has 0 atom stereocenters. The van der Waals surface area contributed by atoms with Crippen molar-refractivity contribution in [1.82, 2.24) is 5.32 Å². The van der Waals surface area contributed by atoms with Crippen molar-refractivity contribution in [2.45, 2.75) is 38.5 Å². The molecule has 1 amide bonds. The number of thiophene rings is 1. The van der Waals surface area contributed by atoms with Gasteiger partial charge >= 0.3 is 0 Å². The predicted molar refractivity (Wildman–Crippen MR) is 85.4 cm³/mol. The lowest BCUT2D eigenvalue weighted by Gasteiger charge is -2.04. The van der Waals surface area contributed by atoms with Crippen LogP contribution >= 0.6 is 35.3 Å². The summed E-state index contributed by atoms with van der Waals surface area (Å²) >= 11 is 7.40. The lowest BCUT2D eigenvalue weighted by atomic mass is 10.1. The molecule has 110 valence electrons. The van der Waals surface area contributed by atoms with Crippen LogP contribution in [-0.2, 0) is 11.2 Å². The molecule has 1 rings (SSSR count). The summed E-state index contributed by atoms with van der Waals surface area (Å²) in [5.74, 6) is 0.144. The fourth-order valence-electron chi connectivity index (χ4n) is 1.68. The maximum absolute atomic E-state index is 11.5. The van der Waals surface area contributed by atoms with E-state index in [2.05, 4.69) is 5.32 Å². The van der Waals surface area contributed by atoms with Crippen LogP contribution < -0.4 is 11.1 Å². The summed E-state index contributed by atoms with van der Waals surface area (Å²) in [6.45, 7) is 1.44. The van der Waals surface area contributed by atoms with E-state index in [4.69, 9.17) is 17.3 Å². The minimum atomic E-state index is 0. The van der Waals surface area contributed by atoms with Crippen molar-refractivity contribution in [2.24, 2.45) is 5.73 Å². The number of carbonyl (C=O) groups is 1. The third-order valence-corrected chi connectivity index (χ3v) is 3.97. The summed E-state index contributed by atoms with van der Waals surface area (Å²) < 4.78 is 0.802. The van der Waals surface area contributed by atoms with Crippen LogP contribution in [0.3, 0.4) is 0 Å². The van der Waals surface area contributed by atoms with Gasteiger partial charge in [0, 0.05) is 17.8 Å². The Kier molecular flexibility index (Phi) is 11.4. The molecule has 19 heavy (non-hydrogen) atoms. The fraction of sp³-hybridized carbons (Fsp3) is 0.615. The number of unbranched alkanes of at least 4 members (excludes halogenated alkanes) is 3. The van der Waals surface area contributed by atoms with Gasteiger partial charge in [0.15, 0.2) is 0 Å². The van der Waals surface area contributed by atoms with Crippen molar-refractivity contribution in [2.75, 3.05) is 13.1 Å². The number of amides is 1. The van der Waals surface area contributed by atoms with Crippen LogP contribution in [0.4, 0.5) is 0 Å². The molecule has 0 aliphatic carbocycles. The van der Waals surface area contributed by atoms with Crippen LogP contribution in [0.25, 0.3) is 0 Å². The molecular formula is C13H22Cl2N2OS. The van der Waals surface area contributed by atoms with Gasteiger partial charge in [-0.2, -0.15) is 0 Å². The summed E-state index contributed by atoms with van der Waals surface area (Å²) in [4.78, 5) is 12.7. The smallest absolute Gasteiger partial charge is 0.220 e. The number of nitrogens with two attached hydrogens (primary N) is 1. The highest BCUT2D eigenvalue weighted by Crippen LogP contribution is 2.21. The first-order chi connectivity index (χ1) is 8.72. The van der Waals surface area contributed by atoms with Crippen LogP contribution in [0.15, 0.2) is 12.1 Å². The molecule has 1 aromatic rings. The van der Waals surface area contributed by atoms with Crippen molar-refractivity contribution in [3.63, 3.8) is 0 Å². The first kappa shape index (κ1) is 18.7. The Morgan fingerprint density at radius 2 is 2.00 bits per heavy atom. The fourth-order valence-corrected chi connectivity index (χ4v) is 2.77. The van der Waals surface area contributed by atoms with E-state index in [0.29, 0.717) is 13.0 Å². The van der Waals surface area contributed by atoms with E-state index in [0.717, 1.165) is 43.0 Å². The summed E-state index contributed by atoms with van der Waals surface area (Å²) in [6, 6.07) is 3.90. The normalized spacial score (nSPS) is 10.0. The van der Waals surface area contributed by atoms with Gasteiger partial charge in [-0.15, -0.1) is 23.7 Å².